The molecule has 0 spiro atoms. The molecule has 0 aliphatic carbocycles. The van der Waals surface area contributed by atoms with E-state index in [0.29, 0.717) is 24.8 Å². The molecule has 0 saturated carbocycles. The number of carbonyl (C=O) groups is 1. The number of rotatable bonds is 4. The van der Waals surface area contributed by atoms with Gasteiger partial charge in [0.15, 0.2) is 0 Å². The molecule has 1 fully saturated rings. The predicted molar refractivity (Wildman–Crippen MR) is 88.4 cm³/mol. The molecule has 5 nitrogen and oxygen atoms in total. The summed E-state index contributed by atoms with van der Waals surface area (Å²) in [6, 6.07) is 12.9. The first kappa shape index (κ1) is 15.5. The van der Waals surface area contributed by atoms with E-state index in [-0.39, 0.29) is 17.0 Å². The Hall–Kier alpha value is -2.40. The van der Waals surface area contributed by atoms with Crippen molar-refractivity contribution in [3.8, 4) is 11.3 Å². The summed E-state index contributed by atoms with van der Waals surface area (Å²) in [5.74, 6) is -0.00758. The first-order valence-electron chi connectivity index (χ1n) is 7.89. The summed E-state index contributed by atoms with van der Waals surface area (Å²) in [6.07, 6.45) is 2.07. The fourth-order valence-corrected chi connectivity index (χ4v) is 2.74. The number of hydrogen-bond donors (Lipinski definition) is 2. The van der Waals surface area contributed by atoms with Gasteiger partial charge in [0.2, 0.25) is 0 Å². The fourth-order valence-electron chi connectivity index (χ4n) is 2.74. The maximum absolute atomic E-state index is 12.2. The van der Waals surface area contributed by atoms with E-state index in [9.17, 15) is 9.59 Å². The molecule has 1 aromatic carbocycles. The molecule has 1 aliphatic rings. The van der Waals surface area contributed by atoms with Crippen LogP contribution in [0.15, 0.2) is 47.3 Å². The van der Waals surface area contributed by atoms with Crippen LogP contribution in [-0.4, -0.2) is 30.6 Å². The molecule has 1 atom stereocenters. The first-order valence-corrected chi connectivity index (χ1v) is 7.89. The zero-order valence-electron chi connectivity index (χ0n) is 12.9. The number of pyridine rings is 1. The summed E-state index contributed by atoms with van der Waals surface area (Å²) in [5, 5.41) is 2.83. The SMILES string of the molecule is O=C(NCC1CCCOC1)c1ccc(-c2ccccc2)[nH]c1=O. The van der Waals surface area contributed by atoms with Crippen LogP contribution in [0, 0.1) is 5.92 Å². The molecule has 0 radical (unpaired) electrons. The molecular weight excluding hydrogens is 292 g/mol. The van der Waals surface area contributed by atoms with Gasteiger partial charge in [0.25, 0.3) is 11.5 Å². The lowest BCUT2D eigenvalue weighted by molar-refractivity contribution is 0.0536. The van der Waals surface area contributed by atoms with E-state index in [2.05, 4.69) is 10.3 Å². The van der Waals surface area contributed by atoms with Crippen LogP contribution in [0.1, 0.15) is 23.2 Å². The monoisotopic (exact) mass is 312 g/mol. The average molecular weight is 312 g/mol. The first-order chi connectivity index (χ1) is 11.2. The van der Waals surface area contributed by atoms with Crippen LogP contribution in [0.4, 0.5) is 0 Å². The number of aromatic nitrogens is 1. The minimum atomic E-state index is -0.372. The normalized spacial score (nSPS) is 17.7. The summed E-state index contributed by atoms with van der Waals surface area (Å²) in [7, 11) is 0. The van der Waals surface area contributed by atoms with Crippen molar-refractivity contribution < 1.29 is 9.53 Å². The molecular formula is C18H20N2O3. The Balaban J connectivity index is 1.68. The van der Waals surface area contributed by atoms with Gasteiger partial charge in [-0.2, -0.15) is 0 Å². The van der Waals surface area contributed by atoms with E-state index in [0.717, 1.165) is 25.0 Å². The van der Waals surface area contributed by atoms with Crippen LogP contribution < -0.4 is 10.9 Å². The van der Waals surface area contributed by atoms with Gasteiger partial charge in [0, 0.05) is 18.8 Å². The minimum absolute atomic E-state index is 0.140. The standard InChI is InChI=1S/C18H20N2O3/c21-17(19-11-13-5-4-10-23-12-13)15-8-9-16(20-18(15)22)14-6-2-1-3-7-14/h1-3,6-9,13H,4-5,10-12H2,(H,19,21)(H,20,22). The van der Waals surface area contributed by atoms with Crippen LogP contribution in [0.5, 0.6) is 0 Å². The van der Waals surface area contributed by atoms with Gasteiger partial charge in [-0.3, -0.25) is 9.59 Å². The van der Waals surface area contributed by atoms with Crippen LogP contribution >= 0.6 is 0 Å². The van der Waals surface area contributed by atoms with Gasteiger partial charge in [0.05, 0.1) is 6.61 Å². The molecule has 1 aliphatic heterocycles. The molecule has 2 aromatic rings. The van der Waals surface area contributed by atoms with Crippen molar-refractivity contribution in [1.82, 2.24) is 10.3 Å². The molecule has 1 unspecified atom stereocenters. The highest BCUT2D eigenvalue weighted by atomic mass is 16.5. The smallest absolute Gasteiger partial charge is 0.261 e. The van der Waals surface area contributed by atoms with Gasteiger partial charge in [-0.25, -0.2) is 0 Å². The Morgan fingerprint density at radius 3 is 2.74 bits per heavy atom. The number of nitrogens with one attached hydrogen (secondary N) is 2. The van der Waals surface area contributed by atoms with E-state index in [1.807, 2.05) is 30.3 Å². The maximum Gasteiger partial charge on any atom is 0.261 e. The van der Waals surface area contributed by atoms with Gasteiger partial charge in [-0.05, 0) is 36.5 Å². The van der Waals surface area contributed by atoms with E-state index < -0.39 is 0 Å². The Bertz CT molecular complexity index is 719. The van der Waals surface area contributed by atoms with E-state index in [1.54, 1.807) is 12.1 Å². The lowest BCUT2D eigenvalue weighted by atomic mass is 10.0. The third kappa shape index (κ3) is 3.87. The van der Waals surface area contributed by atoms with Crippen LogP contribution in [0.2, 0.25) is 0 Å². The van der Waals surface area contributed by atoms with Gasteiger partial charge in [-0.1, -0.05) is 30.3 Å². The quantitative estimate of drug-likeness (QED) is 0.909. The summed E-state index contributed by atoms with van der Waals surface area (Å²) >= 11 is 0. The van der Waals surface area contributed by atoms with Crippen LogP contribution in [0.3, 0.4) is 0 Å². The van der Waals surface area contributed by atoms with Crippen molar-refractivity contribution in [2.24, 2.45) is 5.92 Å². The summed E-state index contributed by atoms with van der Waals surface area (Å²) in [5.41, 5.74) is 1.38. The van der Waals surface area contributed by atoms with Crippen molar-refractivity contribution in [1.29, 1.82) is 0 Å². The number of carbonyl (C=O) groups excluding carboxylic acids is 1. The molecule has 120 valence electrons. The Kier molecular flexibility index (Phi) is 4.88. The molecule has 0 bridgehead atoms. The minimum Gasteiger partial charge on any atom is -0.381 e. The number of H-pyrrole nitrogens is 1. The predicted octanol–water partition coefficient (Wildman–Crippen LogP) is 2.20. The fraction of sp³-hybridized carbons (Fsp3) is 0.333. The van der Waals surface area contributed by atoms with Crippen molar-refractivity contribution in [3.05, 3.63) is 58.4 Å². The van der Waals surface area contributed by atoms with Crippen molar-refractivity contribution in [2.45, 2.75) is 12.8 Å². The average Bonchev–Trinajstić information content (AvgIpc) is 2.61. The van der Waals surface area contributed by atoms with Crippen molar-refractivity contribution >= 4 is 5.91 Å². The third-order valence-electron chi connectivity index (χ3n) is 4.04. The molecule has 1 aromatic heterocycles. The zero-order chi connectivity index (χ0) is 16.1. The van der Waals surface area contributed by atoms with Crippen molar-refractivity contribution in [2.75, 3.05) is 19.8 Å². The summed E-state index contributed by atoms with van der Waals surface area (Å²) in [6.45, 7) is 2.01. The molecule has 5 heteroatoms. The lowest BCUT2D eigenvalue weighted by Crippen LogP contribution is -2.35. The lowest BCUT2D eigenvalue weighted by Gasteiger charge is -2.22. The number of amides is 1. The van der Waals surface area contributed by atoms with Crippen molar-refractivity contribution in [3.63, 3.8) is 0 Å². The molecule has 23 heavy (non-hydrogen) atoms. The van der Waals surface area contributed by atoms with Gasteiger partial charge in [-0.15, -0.1) is 0 Å². The second kappa shape index (κ2) is 7.24. The van der Waals surface area contributed by atoms with Gasteiger partial charge >= 0.3 is 0 Å². The number of aromatic amines is 1. The summed E-state index contributed by atoms with van der Waals surface area (Å²) < 4.78 is 5.39. The number of ether oxygens (including phenoxy) is 1. The van der Waals surface area contributed by atoms with Gasteiger partial charge in [0.1, 0.15) is 5.56 Å². The van der Waals surface area contributed by atoms with Crippen LogP contribution in [0.25, 0.3) is 11.3 Å². The second-order valence-corrected chi connectivity index (χ2v) is 5.77. The topological polar surface area (TPSA) is 71.2 Å². The van der Waals surface area contributed by atoms with E-state index in [4.69, 9.17) is 4.74 Å². The highest BCUT2D eigenvalue weighted by Gasteiger charge is 2.17. The highest BCUT2D eigenvalue weighted by Crippen LogP contribution is 2.15. The Morgan fingerprint density at radius 2 is 2.04 bits per heavy atom. The molecule has 2 N–H and O–H groups in total. The largest absolute Gasteiger partial charge is 0.381 e. The number of hydrogen-bond acceptors (Lipinski definition) is 3. The van der Waals surface area contributed by atoms with E-state index >= 15 is 0 Å². The Labute approximate surface area is 134 Å². The number of benzene rings is 1. The molecule has 2 heterocycles. The maximum atomic E-state index is 12.2. The highest BCUT2D eigenvalue weighted by molar-refractivity contribution is 5.94. The van der Waals surface area contributed by atoms with Crippen LogP contribution in [-0.2, 0) is 4.74 Å². The van der Waals surface area contributed by atoms with Gasteiger partial charge < -0.3 is 15.0 Å². The molecule has 1 amide bonds. The zero-order valence-corrected chi connectivity index (χ0v) is 12.9. The summed E-state index contributed by atoms with van der Waals surface area (Å²) in [4.78, 5) is 27.1. The van der Waals surface area contributed by atoms with E-state index in [1.165, 1.54) is 0 Å². The molecule has 3 rings (SSSR count). The second-order valence-electron chi connectivity index (χ2n) is 5.77. The Morgan fingerprint density at radius 1 is 1.22 bits per heavy atom. The molecule has 1 saturated heterocycles. The third-order valence-corrected chi connectivity index (χ3v) is 4.04.